The second-order valence-electron chi connectivity index (χ2n) is 3.88. The Balaban J connectivity index is 4.20. The Kier molecular flexibility index (Phi) is 6.67. The van der Waals surface area contributed by atoms with E-state index in [0.717, 1.165) is 0 Å². The first-order chi connectivity index (χ1) is 6.80. The summed E-state index contributed by atoms with van der Waals surface area (Å²) in [7, 11) is 1.31. The minimum atomic E-state index is -1.15. The van der Waals surface area contributed by atoms with Gasteiger partial charge in [0, 0.05) is 0 Å². The number of esters is 1. The summed E-state index contributed by atoms with van der Waals surface area (Å²) in [6.45, 7) is 5.31. The molecule has 1 N–H and O–H groups in total. The second kappa shape index (κ2) is 6.63. The molecule has 0 aromatic carbocycles. The van der Waals surface area contributed by atoms with Crippen LogP contribution in [0.25, 0.3) is 0 Å². The van der Waals surface area contributed by atoms with Crippen LogP contribution >= 0.6 is 19.8 Å². The van der Waals surface area contributed by atoms with E-state index in [-0.39, 0.29) is 0 Å². The van der Waals surface area contributed by atoms with E-state index in [4.69, 9.17) is 4.74 Å². The number of ether oxygens (including phenoxy) is 2. The molecule has 0 rings (SSSR count). The van der Waals surface area contributed by atoms with Crippen LogP contribution in [0.2, 0.25) is 0 Å². The van der Waals surface area contributed by atoms with Crippen molar-refractivity contribution < 1.29 is 32.7 Å². The van der Waals surface area contributed by atoms with Gasteiger partial charge in [-0.05, 0) is 0 Å². The van der Waals surface area contributed by atoms with Crippen LogP contribution in [0.1, 0.15) is 20.8 Å². The molecule has 0 heterocycles. The number of hydrogen-bond donors (Lipinski definition) is 1. The van der Waals surface area contributed by atoms with Gasteiger partial charge in [0.1, 0.15) is 0 Å². The summed E-state index contributed by atoms with van der Waals surface area (Å²) < 4.78 is 9.13. The monoisotopic (exact) mass is 379 g/mol. The van der Waals surface area contributed by atoms with Gasteiger partial charge in [-0.15, -0.1) is 0 Å². The summed E-state index contributed by atoms with van der Waals surface area (Å²) in [4.78, 5) is 22.5. The average molecular weight is 380 g/mol. The third kappa shape index (κ3) is 7.05. The molecule has 0 aromatic heterocycles. The van der Waals surface area contributed by atoms with Gasteiger partial charge < -0.3 is 0 Å². The Bertz CT molecular complexity index is 241. The Hall–Kier alpha value is 0.0934. The van der Waals surface area contributed by atoms with Crippen LogP contribution in [0.15, 0.2) is 0 Å². The van der Waals surface area contributed by atoms with E-state index in [1.165, 1.54) is 7.11 Å². The van der Waals surface area contributed by atoms with Crippen LogP contribution in [0.5, 0.6) is 0 Å². The van der Waals surface area contributed by atoms with E-state index < -0.39 is 35.9 Å². The summed E-state index contributed by atoms with van der Waals surface area (Å²) in [6.07, 6.45) is -0.569. The summed E-state index contributed by atoms with van der Waals surface area (Å²) in [5.74, 6) is -0.393. The number of halogens is 1. The van der Waals surface area contributed by atoms with E-state index in [2.05, 4.69) is 29.8 Å². The Morgan fingerprint density at radius 2 is 1.93 bits per heavy atom. The number of hydrogen-bond acceptors (Lipinski definition) is 4. The van der Waals surface area contributed by atoms with E-state index in [9.17, 15) is 9.59 Å². The molecule has 0 radical (unpaired) electrons. The number of rotatable bonds is 3. The van der Waals surface area contributed by atoms with Crippen LogP contribution in [-0.2, 0) is 27.9 Å². The number of carbonyl (C=O) groups excluding carboxylic acids is 2. The van der Waals surface area contributed by atoms with Crippen LogP contribution in [0.3, 0.4) is 0 Å². The first kappa shape index (κ1) is 15.1. The zero-order chi connectivity index (χ0) is 12.1. The van der Waals surface area contributed by atoms with Crippen molar-refractivity contribution in [1.82, 2.24) is 5.32 Å². The maximum absolute atomic E-state index is 11.3. The molecule has 1 amide bonds. The molecule has 0 saturated carbocycles. The van der Waals surface area contributed by atoms with Gasteiger partial charge in [-0.3, -0.25) is 0 Å². The average Bonchev–Trinajstić information content (AvgIpc) is 2.10. The molecule has 7 heteroatoms. The van der Waals surface area contributed by atoms with E-state index >= 15 is 0 Å². The fraction of sp³-hybridized carbons (Fsp3) is 0.750. The molecule has 0 bridgehead atoms. The van der Waals surface area contributed by atoms with Crippen LogP contribution in [0.4, 0.5) is 4.79 Å². The molecule has 0 aliphatic carbocycles. The number of carbonyl (C=O) groups is 2. The molecule has 0 aliphatic rings. The number of alkyl carbamates (subject to hydrolysis) is 1. The van der Waals surface area contributed by atoms with Gasteiger partial charge in [0.25, 0.3) is 0 Å². The molecule has 0 fully saturated rings. The van der Waals surface area contributed by atoms with Gasteiger partial charge in [0.15, 0.2) is 0 Å². The first-order valence-corrected chi connectivity index (χ1v) is 15.2. The number of nitrogens with one attached hydrogen (secondary N) is 1. The fourth-order valence-corrected chi connectivity index (χ4v) is 4.89. The van der Waals surface area contributed by atoms with E-state index in [1.54, 1.807) is 20.8 Å². The van der Waals surface area contributed by atoms with Gasteiger partial charge in [-0.25, -0.2) is 0 Å². The molecule has 0 aliphatic heterocycles. The molecule has 0 spiro atoms. The van der Waals surface area contributed by atoms with Crippen molar-refractivity contribution in [2.45, 2.75) is 31.0 Å². The third-order valence-electron chi connectivity index (χ3n) is 1.33. The van der Waals surface area contributed by atoms with Gasteiger partial charge in [0.05, 0.1) is 0 Å². The fourth-order valence-electron chi connectivity index (χ4n) is 0.753. The predicted molar refractivity (Wildman–Crippen MR) is 59.2 cm³/mol. The van der Waals surface area contributed by atoms with Crippen LogP contribution in [-0.4, -0.2) is 29.4 Å². The topological polar surface area (TPSA) is 64.6 Å². The Morgan fingerprint density at radius 3 is 2.27 bits per heavy atom. The third-order valence-corrected chi connectivity index (χ3v) is 7.68. The molecule has 0 saturated heterocycles. The van der Waals surface area contributed by atoms with Gasteiger partial charge in [0.2, 0.25) is 0 Å². The summed E-state index contributed by atoms with van der Waals surface area (Å²) in [5.41, 5.74) is -0.553. The minimum absolute atomic E-state index is 0.393. The molecule has 0 aromatic rings. The molecule has 1 atom stereocenters. The van der Waals surface area contributed by atoms with Crippen molar-refractivity contribution in [2.24, 2.45) is 0 Å². The molecular weight excluding hydrogens is 366 g/mol. The Morgan fingerprint density at radius 1 is 1.40 bits per heavy atom. The van der Waals surface area contributed by atoms with E-state index in [0.29, 0.717) is 0 Å². The molecule has 5 nitrogen and oxygen atoms in total. The van der Waals surface area contributed by atoms with Crippen molar-refractivity contribution in [3.05, 3.63) is 0 Å². The molecule has 15 heavy (non-hydrogen) atoms. The molecule has 0 unspecified atom stereocenters. The van der Waals surface area contributed by atoms with Crippen molar-refractivity contribution >= 4 is 31.8 Å². The predicted octanol–water partition coefficient (Wildman–Crippen LogP) is 1.44. The second-order valence-corrected chi connectivity index (χ2v) is 10.8. The zero-order valence-corrected chi connectivity index (χ0v) is 14.4. The number of methoxy groups -OCH3 is 1. The standard InChI is InChI=1S/C8H14NO4.HI.Zn/c1-8(2,3)13-7(11)9-5-6(10)12-4;;/h5H,1-4H3,(H,9,11);1H;/q;;+1/p-1. The van der Waals surface area contributed by atoms with Gasteiger partial charge >= 0.3 is 108 Å². The Labute approximate surface area is 107 Å². The summed E-state index contributed by atoms with van der Waals surface area (Å²) >= 11 is 1.02. The van der Waals surface area contributed by atoms with Gasteiger partial charge in [-0.2, -0.15) is 0 Å². The quantitative estimate of drug-likeness (QED) is 0.457. The van der Waals surface area contributed by atoms with Crippen LogP contribution in [0, 0.1) is 0 Å². The maximum atomic E-state index is 11.3. The number of amides is 1. The SMILES string of the molecule is COC(=O)[C@@H](NC(=O)OC(C)(C)C)[Zn][I]. The van der Waals surface area contributed by atoms with Gasteiger partial charge in [-0.1, -0.05) is 0 Å². The van der Waals surface area contributed by atoms with Crippen LogP contribution < -0.4 is 5.32 Å². The van der Waals surface area contributed by atoms with Crippen molar-refractivity contribution in [3.8, 4) is 0 Å². The molecule has 84 valence electrons. The van der Waals surface area contributed by atoms with E-state index in [1.807, 2.05) is 0 Å². The van der Waals surface area contributed by atoms with Crippen molar-refractivity contribution in [1.29, 1.82) is 0 Å². The van der Waals surface area contributed by atoms with Crippen molar-refractivity contribution in [3.63, 3.8) is 0 Å². The zero-order valence-electron chi connectivity index (χ0n) is 9.30. The summed E-state index contributed by atoms with van der Waals surface area (Å²) in [6, 6.07) is 0. The normalized spacial score (nSPS) is 12.3. The molecular formula is C8H14INO4Zn. The summed E-state index contributed by atoms with van der Waals surface area (Å²) in [5, 5.41) is 2.51. The van der Waals surface area contributed by atoms with Crippen molar-refractivity contribution in [2.75, 3.05) is 7.11 Å². The first-order valence-electron chi connectivity index (χ1n) is 4.43.